The van der Waals surface area contributed by atoms with Gasteiger partial charge in [-0.2, -0.15) is 13.2 Å². The minimum Gasteiger partial charge on any atom is -0.480 e. The molecule has 0 fully saturated rings. The van der Waals surface area contributed by atoms with Gasteiger partial charge < -0.3 is 20.1 Å². The number of ether oxygens (including phenoxy) is 1. The average molecular weight is 446 g/mol. The van der Waals surface area contributed by atoms with Gasteiger partial charge in [0.05, 0.1) is 5.56 Å². The molecule has 1 atom stereocenters. The van der Waals surface area contributed by atoms with Crippen LogP contribution < -0.4 is 5.32 Å². The highest BCUT2D eigenvalue weighted by molar-refractivity contribution is 5.90. The molecule has 0 aliphatic heterocycles. The van der Waals surface area contributed by atoms with Gasteiger partial charge in [0.15, 0.2) is 0 Å². The molecule has 0 saturated heterocycles. The van der Waals surface area contributed by atoms with Crippen molar-refractivity contribution >= 4 is 18.0 Å². The molecule has 0 radical (unpaired) electrons. The van der Waals surface area contributed by atoms with E-state index in [1.165, 1.54) is 33.0 Å². The number of amides is 2. The summed E-state index contributed by atoms with van der Waals surface area (Å²) in [6.45, 7) is 7.54. The van der Waals surface area contributed by atoms with Gasteiger partial charge >= 0.3 is 18.2 Å². The number of nitrogens with zero attached hydrogens (tertiary/aromatic N) is 1. The van der Waals surface area contributed by atoms with E-state index in [0.717, 1.165) is 17.0 Å². The molecule has 0 saturated carbocycles. The zero-order valence-corrected chi connectivity index (χ0v) is 18.5. The summed E-state index contributed by atoms with van der Waals surface area (Å²) in [6, 6.07) is 3.45. The number of carbonyl (C=O) groups excluding carboxylic acids is 2. The summed E-state index contributed by atoms with van der Waals surface area (Å²) in [5, 5.41) is 11.8. The molecular formula is C21H29F3N2O5. The van der Waals surface area contributed by atoms with Crippen molar-refractivity contribution in [3.63, 3.8) is 0 Å². The van der Waals surface area contributed by atoms with Crippen LogP contribution in [0.15, 0.2) is 24.3 Å². The lowest BCUT2D eigenvalue weighted by atomic mass is 9.99. The van der Waals surface area contributed by atoms with Gasteiger partial charge in [-0.05, 0) is 59.1 Å². The first-order valence-electron chi connectivity index (χ1n) is 9.62. The zero-order chi connectivity index (χ0) is 24.2. The van der Waals surface area contributed by atoms with Crippen LogP contribution in [0.25, 0.3) is 0 Å². The SMILES string of the molecule is CN(C(=O)C(CCc1cccc(C(F)(F)F)c1)NC(=O)OC(C)(C)C)C(C)(C)C(=O)O. The van der Waals surface area contributed by atoms with Crippen molar-refractivity contribution in [2.45, 2.75) is 70.8 Å². The monoisotopic (exact) mass is 446 g/mol. The number of benzene rings is 1. The number of alkyl carbamates (subject to hydrolysis) is 1. The van der Waals surface area contributed by atoms with Gasteiger partial charge in [-0.25, -0.2) is 9.59 Å². The number of carboxylic acid groups (broad SMARTS) is 1. The van der Waals surface area contributed by atoms with E-state index in [9.17, 15) is 32.7 Å². The Morgan fingerprint density at radius 2 is 1.71 bits per heavy atom. The zero-order valence-electron chi connectivity index (χ0n) is 18.5. The van der Waals surface area contributed by atoms with Crippen molar-refractivity contribution in [2.24, 2.45) is 0 Å². The van der Waals surface area contributed by atoms with Gasteiger partial charge in [-0.1, -0.05) is 18.2 Å². The molecule has 0 bridgehead atoms. The van der Waals surface area contributed by atoms with Crippen LogP contribution in [0, 0.1) is 0 Å². The number of carbonyl (C=O) groups is 3. The molecule has 174 valence electrons. The number of carboxylic acids is 1. The van der Waals surface area contributed by atoms with Crippen LogP contribution in [-0.4, -0.2) is 52.2 Å². The first-order valence-corrected chi connectivity index (χ1v) is 9.62. The first-order chi connectivity index (χ1) is 13.9. The van der Waals surface area contributed by atoms with Crippen molar-refractivity contribution in [1.82, 2.24) is 10.2 Å². The van der Waals surface area contributed by atoms with Crippen molar-refractivity contribution < 1.29 is 37.4 Å². The maximum absolute atomic E-state index is 13.0. The van der Waals surface area contributed by atoms with Gasteiger partial charge in [-0.15, -0.1) is 0 Å². The van der Waals surface area contributed by atoms with E-state index in [0.29, 0.717) is 5.56 Å². The third-order valence-electron chi connectivity index (χ3n) is 4.66. The molecule has 0 aliphatic rings. The third kappa shape index (κ3) is 7.76. The van der Waals surface area contributed by atoms with Crippen LogP contribution in [0.5, 0.6) is 0 Å². The second kappa shape index (κ2) is 9.57. The molecule has 1 unspecified atom stereocenters. The van der Waals surface area contributed by atoms with Crippen LogP contribution in [0.2, 0.25) is 0 Å². The Balaban J connectivity index is 3.09. The summed E-state index contributed by atoms with van der Waals surface area (Å²) >= 11 is 0. The molecule has 0 heterocycles. The number of likely N-dealkylation sites (N-methyl/N-ethyl adjacent to an activating group) is 1. The molecule has 2 N–H and O–H groups in total. The maximum atomic E-state index is 13.0. The summed E-state index contributed by atoms with van der Waals surface area (Å²) in [5.74, 6) is -1.96. The van der Waals surface area contributed by atoms with E-state index in [1.54, 1.807) is 20.8 Å². The minimum atomic E-state index is -4.51. The van der Waals surface area contributed by atoms with Gasteiger partial charge in [0, 0.05) is 7.05 Å². The molecule has 0 spiro atoms. The number of rotatable bonds is 7. The molecule has 1 aromatic carbocycles. The number of aryl methyl sites for hydroxylation is 1. The van der Waals surface area contributed by atoms with Gasteiger partial charge in [0.2, 0.25) is 5.91 Å². The van der Waals surface area contributed by atoms with Gasteiger partial charge in [0.25, 0.3) is 0 Å². The molecular weight excluding hydrogens is 417 g/mol. The Hall–Kier alpha value is -2.78. The number of hydrogen-bond donors (Lipinski definition) is 2. The molecule has 0 aliphatic carbocycles. The van der Waals surface area contributed by atoms with Crippen LogP contribution in [-0.2, 0) is 26.9 Å². The summed E-state index contributed by atoms with van der Waals surface area (Å²) in [5.41, 5.74) is -2.91. The highest BCUT2D eigenvalue weighted by atomic mass is 19.4. The number of alkyl halides is 3. The fourth-order valence-corrected chi connectivity index (χ4v) is 2.57. The number of hydrogen-bond acceptors (Lipinski definition) is 4. The Morgan fingerprint density at radius 1 is 1.13 bits per heavy atom. The third-order valence-corrected chi connectivity index (χ3v) is 4.66. The number of aliphatic carboxylic acids is 1. The molecule has 31 heavy (non-hydrogen) atoms. The second-order valence-corrected chi connectivity index (χ2v) is 8.70. The standard InChI is InChI=1S/C21H29F3N2O5/c1-19(2,3)31-18(30)25-15(16(27)26(6)20(4,5)17(28)29)11-10-13-8-7-9-14(12-13)21(22,23)24/h7-9,12,15H,10-11H2,1-6H3,(H,25,30)(H,28,29). The van der Waals surface area contributed by atoms with Crippen LogP contribution in [0.3, 0.4) is 0 Å². The summed E-state index contributed by atoms with van der Waals surface area (Å²) in [4.78, 5) is 37.6. The van der Waals surface area contributed by atoms with Crippen LogP contribution >= 0.6 is 0 Å². The fraction of sp³-hybridized carbons (Fsp3) is 0.571. The predicted octanol–water partition coefficient (Wildman–Crippen LogP) is 3.85. The van der Waals surface area contributed by atoms with E-state index in [1.807, 2.05) is 0 Å². The summed E-state index contributed by atoms with van der Waals surface area (Å²) in [7, 11) is 1.28. The van der Waals surface area contributed by atoms with Crippen LogP contribution in [0.4, 0.5) is 18.0 Å². The van der Waals surface area contributed by atoms with Gasteiger partial charge in [-0.3, -0.25) is 4.79 Å². The number of nitrogens with one attached hydrogen (secondary N) is 1. The van der Waals surface area contributed by atoms with E-state index >= 15 is 0 Å². The average Bonchev–Trinajstić information content (AvgIpc) is 2.61. The summed E-state index contributed by atoms with van der Waals surface area (Å²) in [6.07, 6.45) is -5.42. The Kier molecular flexibility index (Phi) is 8.11. The van der Waals surface area contributed by atoms with E-state index < -0.39 is 46.9 Å². The smallest absolute Gasteiger partial charge is 0.416 e. The van der Waals surface area contributed by atoms with E-state index in [4.69, 9.17) is 4.74 Å². The van der Waals surface area contributed by atoms with E-state index in [-0.39, 0.29) is 12.8 Å². The molecule has 7 nitrogen and oxygen atoms in total. The highest BCUT2D eigenvalue weighted by Crippen LogP contribution is 2.30. The lowest BCUT2D eigenvalue weighted by Crippen LogP contribution is -2.57. The van der Waals surface area contributed by atoms with Crippen molar-refractivity contribution in [3.05, 3.63) is 35.4 Å². The topological polar surface area (TPSA) is 95.9 Å². The quantitative estimate of drug-likeness (QED) is 0.663. The Bertz CT molecular complexity index is 816. The molecule has 10 heteroatoms. The second-order valence-electron chi connectivity index (χ2n) is 8.70. The van der Waals surface area contributed by atoms with Crippen molar-refractivity contribution in [1.29, 1.82) is 0 Å². The normalized spacial score (nSPS) is 13.3. The van der Waals surface area contributed by atoms with Crippen molar-refractivity contribution in [3.8, 4) is 0 Å². The lowest BCUT2D eigenvalue weighted by Gasteiger charge is -2.34. The van der Waals surface area contributed by atoms with Crippen LogP contribution in [0.1, 0.15) is 52.2 Å². The largest absolute Gasteiger partial charge is 0.480 e. The summed E-state index contributed by atoms with van der Waals surface area (Å²) < 4.78 is 44.0. The maximum Gasteiger partial charge on any atom is 0.416 e. The fourth-order valence-electron chi connectivity index (χ4n) is 2.57. The highest BCUT2D eigenvalue weighted by Gasteiger charge is 2.38. The lowest BCUT2D eigenvalue weighted by molar-refractivity contribution is -0.156. The Labute approximate surface area is 179 Å². The van der Waals surface area contributed by atoms with Crippen molar-refractivity contribution in [2.75, 3.05) is 7.05 Å². The van der Waals surface area contributed by atoms with E-state index in [2.05, 4.69) is 5.32 Å². The molecule has 2 amide bonds. The molecule has 0 aromatic heterocycles. The first kappa shape index (κ1) is 26.3. The Morgan fingerprint density at radius 3 is 2.19 bits per heavy atom. The molecule has 1 rings (SSSR count). The predicted molar refractivity (Wildman–Crippen MR) is 107 cm³/mol. The van der Waals surface area contributed by atoms with Gasteiger partial charge in [0.1, 0.15) is 17.2 Å². The minimum absolute atomic E-state index is 0.0392. The molecule has 1 aromatic rings. The number of halogens is 3.